The van der Waals surface area contributed by atoms with Gasteiger partial charge in [-0.3, -0.25) is 5.41 Å². The minimum absolute atomic E-state index is 0.115. The van der Waals surface area contributed by atoms with Crippen LogP contribution in [0.1, 0.15) is 38.2 Å². The van der Waals surface area contributed by atoms with Crippen molar-refractivity contribution in [1.82, 2.24) is 0 Å². The molecule has 2 nitrogen and oxygen atoms in total. The van der Waals surface area contributed by atoms with Crippen LogP contribution >= 0.6 is 27.7 Å². The molecule has 3 N–H and O–H groups in total. The first-order chi connectivity index (χ1) is 8.56. The number of hydrogen-bond acceptors (Lipinski definition) is 2. The van der Waals surface area contributed by atoms with E-state index in [1.165, 1.54) is 30.6 Å². The Morgan fingerprint density at radius 3 is 2.83 bits per heavy atom. The zero-order valence-corrected chi connectivity index (χ0v) is 13.0. The Morgan fingerprint density at radius 1 is 1.44 bits per heavy atom. The van der Waals surface area contributed by atoms with Crippen LogP contribution in [-0.4, -0.2) is 11.1 Å². The minimum Gasteiger partial charge on any atom is -0.384 e. The summed E-state index contributed by atoms with van der Waals surface area (Å²) in [5.41, 5.74) is 6.29. The van der Waals surface area contributed by atoms with Gasteiger partial charge in [-0.25, -0.2) is 0 Å². The van der Waals surface area contributed by atoms with Crippen molar-refractivity contribution in [2.75, 3.05) is 0 Å². The van der Waals surface area contributed by atoms with E-state index in [2.05, 4.69) is 35.0 Å². The van der Waals surface area contributed by atoms with Gasteiger partial charge in [0.05, 0.1) is 0 Å². The lowest BCUT2D eigenvalue weighted by Crippen LogP contribution is -2.15. The maximum absolute atomic E-state index is 7.47. The molecule has 1 fully saturated rings. The number of amidine groups is 1. The average Bonchev–Trinajstić information content (AvgIpc) is 2.28. The Balaban J connectivity index is 2.05. The van der Waals surface area contributed by atoms with Crippen molar-refractivity contribution in [3.63, 3.8) is 0 Å². The number of nitrogen functional groups attached to an aromatic ring is 1. The number of halogens is 1. The van der Waals surface area contributed by atoms with Crippen molar-refractivity contribution >= 4 is 33.5 Å². The van der Waals surface area contributed by atoms with Gasteiger partial charge in [0.2, 0.25) is 0 Å². The minimum atomic E-state index is 0.115. The van der Waals surface area contributed by atoms with E-state index in [1.54, 1.807) is 0 Å². The SMILES string of the molecule is CC1CCCC(Sc2ccc(C(=N)N)c(Br)c2)C1. The molecule has 2 atom stereocenters. The van der Waals surface area contributed by atoms with Crippen molar-refractivity contribution in [2.45, 2.75) is 42.8 Å². The van der Waals surface area contributed by atoms with Gasteiger partial charge in [-0.1, -0.05) is 19.8 Å². The number of nitrogens with two attached hydrogens (primary N) is 1. The highest BCUT2D eigenvalue weighted by atomic mass is 79.9. The predicted octanol–water partition coefficient (Wildman–Crippen LogP) is 4.40. The highest BCUT2D eigenvalue weighted by Gasteiger charge is 2.20. The van der Waals surface area contributed by atoms with Gasteiger partial charge < -0.3 is 5.73 Å². The standard InChI is InChI=1S/C14H19BrN2S/c1-9-3-2-4-10(7-9)18-11-5-6-12(14(16)17)13(15)8-11/h5-6,8-10H,2-4,7H2,1H3,(H3,16,17). The normalized spacial score (nSPS) is 23.9. The summed E-state index contributed by atoms with van der Waals surface area (Å²) in [4.78, 5) is 1.27. The maximum atomic E-state index is 7.47. The highest BCUT2D eigenvalue weighted by molar-refractivity contribution is 9.10. The van der Waals surface area contributed by atoms with Gasteiger partial charge in [0.15, 0.2) is 0 Å². The molecule has 0 aromatic heterocycles. The third kappa shape index (κ3) is 3.51. The predicted molar refractivity (Wildman–Crippen MR) is 82.4 cm³/mol. The molecule has 0 bridgehead atoms. The topological polar surface area (TPSA) is 49.9 Å². The summed E-state index contributed by atoms with van der Waals surface area (Å²) in [7, 11) is 0. The molecular weight excluding hydrogens is 308 g/mol. The van der Waals surface area contributed by atoms with Gasteiger partial charge in [-0.05, 0) is 52.9 Å². The third-order valence-electron chi connectivity index (χ3n) is 3.42. The Bertz CT molecular complexity index is 447. The van der Waals surface area contributed by atoms with Crippen LogP contribution in [0.2, 0.25) is 0 Å². The summed E-state index contributed by atoms with van der Waals surface area (Å²) in [6, 6.07) is 6.09. The largest absolute Gasteiger partial charge is 0.384 e. The molecule has 98 valence electrons. The molecule has 2 rings (SSSR count). The van der Waals surface area contributed by atoms with E-state index in [9.17, 15) is 0 Å². The lowest BCUT2D eigenvalue weighted by Gasteiger charge is -2.26. The number of nitrogens with one attached hydrogen (secondary N) is 1. The van der Waals surface area contributed by atoms with Crippen molar-refractivity contribution in [3.8, 4) is 0 Å². The average molecular weight is 327 g/mol. The summed E-state index contributed by atoms with van der Waals surface area (Å²) in [5, 5.41) is 8.21. The molecule has 2 unspecified atom stereocenters. The summed E-state index contributed by atoms with van der Waals surface area (Å²) in [5.74, 6) is 0.973. The van der Waals surface area contributed by atoms with Crippen molar-refractivity contribution in [3.05, 3.63) is 28.2 Å². The summed E-state index contributed by atoms with van der Waals surface area (Å²) < 4.78 is 0.920. The highest BCUT2D eigenvalue weighted by Crippen LogP contribution is 2.37. The van der Waals surface area contributed by atoms with Gasteiger partial charge in [0, 0.05) is 20.2 Å². The second-order valence-electron chi connectivity index (χ2n) is 5.07. The molecule has 0 aliphatic heterocycles. The van der Waals surface area contributed by atoms with Gasteiger partial charge in [-0.2, -0.15) is 0 Å². The van der Waals surface area contributed by atoms with E-state index in [0.29, 0.717) is 0 Å². The van der Waals surface area contributed by atoms with E-state index in [0.717, 1.165) is 21.2 Å². The molecule has 0 radical (unpaired) electrons. The van der Waals surface area contributed by atoms with E-state index in [-0.39, 0.29) is 5.84 Å². The lowest BCUT2D eigenvalue weighted by atomic mass is 9.91. The zero-order valence-electron chi connectivity index (χ0n) is 10.6. The van der Waals surface area contributed by atoms with E-state index in [1.807, 2.05) is 17.8 Å². The molecular formula is C14H19BrN2S. The number of benzene rings is 1. The quantitative estimate of drug-likeness (QED) is 0.638. The molecule has 18 heavy (non-hydrogen) atoms. The summed E-state index contributed by atoms with van der Waals surface area (Å²) in [6.45, 7) is 2.35. The van der Waals surface area contributed by atoms with Gasteiger partial charge in [0.1, 0.15) is 5.84 Å². The second-order valence-corrected chi connectivity index (χ2v) is 7.30. The molecule has 0 saturated heterocycles. The van der Waals surface area contributed by atoms with Crippen LogP contribution < -0.4 is 5.73 Å². The van der Waals surface area contributed by atoms with Crippen LogP contribution in [-0.2, 0) is 0 Å². The maximum Gasteiger partial charge on any atom is 0.123 e. The number of thioether (sulfide) groups is 1. The smallest absolute Gasteiger partial charge is 0.123 e. The molecule has 1 aliphatic carbocycles. The molecule has 1 aromatic carbocycles. The first-order valence-electron chi connectivity index (χ1n) is 6.37. The zero-order chi connectivity index (χ0) is 13.1. The fourth-order valence-corrected chi connectivity index (χ4v) is 4.64. The molecule has 0 spiro atoms. The lowest BCUT2D eigenvalue weighted by molar-refractivity contribution is 0.394. The third-order valence-corrected chi connectivity index (χ3v) is 5.37. The van der Waals surface area contributed by atoms with E-state index < -0.39 is 0 Å². The Hall–Kier alpha value is -0.480. The molecule has 4 heteroatoms. The van der Waals surface area contributed by atoms with Crippen LogP contribution in [0.3, 0.4) is 0 Å². The van der Waals surface area contributed by atoms with E-state index >= 15 is 0 Å². The van der Waals surface area contributed by atoms with Crippen LogP contribution in [0.5, 0.6) is 0 Å². The molecule has 1 aromatic rings. The molecule has 1 aliphatic rings. The summed E-state index contributed by atoms with van der Waals surface area (Å²) in [6.07, 6.45) is 5.37. The van der Waals surface area contributed by atoms with Gasteiger partial charge >= 0.3 is 0 Å². The Labute approximate surface area is 121 Å². The monoisotopic (exact) mass is 326 g/mol. The first kappa shape index (κ1) is 13.9. The second kappa shape index (κ2) is 6.11. The molecule has 0 amide bonds. The molecule has 0 heterocycles. The number of hydrogen-bond donors (Lipinski definition) is 2. The van der Waals surface area contributed by atoms with Gasteiger partial charge in [0.25, 0.3) is 0 Å². The fourth-order valence-electron chi connectivity index (χ4n) is 2.47. The molecule has 1 saturated carbocycles. The summed E-state index contributed by atoms with van der Waals surface area (Å²) >= 11 is 5.45. The first-order valence-corrected chi connectivity index (χ1v) is 8.04. The Morgan fingerprint density at radius 2 is 2.22 bits per heavy atom. The van der Waals surface area contributed by atoms with Crippen LogP contribution in [0.15, 0.2) is 27.6 Å². The van der Waals surface area contributed by atoms with Crippen LogP contribution in [0.4, 0.5) is 0 Å². The Kier molecular flexibility index (Phi) is 4.73. The van der Waals surface area contributed by atoms with Crippen molar-refractivity contribution < 1.29 is 0 Å². The number of rotatable bonds is 3. The van der Waals surface area contributed by atoms with Gasteiger partial charge in [-0.15, -0.1) is 11.8 Å². The van der Waals surface area contributed by atoms with Crippen LogP contribution in [0, 0.1) is 11.3 Å². The fraction of sp³-hybridized carbons (Fsp3) is 0.500. The van der Waals surface area contributed by atoms with Crippen LogP contribution in [0.25, 0.3) is 0 Å². The van der Waals surface area contributed by atoms with Crippen molar-refractivity contribution in [1.29, 1.82) is 5.41 Å². The van der Waals surface area contributed by atoms with E-state index in [4.69, 9.17) is 11.1 Å². The van der Waals surface area contributed by atoms with Crippen molar-refractivity contribution in [2.24, 2.45) is 11.7 Å².